The van der Waals surface area contributed by atoms with E-state index in [4.69, 9.17) is 0 Å². The summed E-state index contributed by atoms with van der Waals surface area (Å²) in [6.07, 6.45) is -4.54. The predicted molar refractivity (Wildman–Crippen MR) is 52.4 cm³/mol. The van der Waals surface area contributed by atoms with Crippen molar-refractivity contribution in [2.75, 3.05) is 7.11 Å². The normalized spacial score (nSPS) is 11.8. The zero-order valence-corrected chi connectivity index (χ0v) is 8.63. The summed E-state index contributed by atoms with van der Waals surface area (Å²) in [5.74, 6) is -1.70. The van der Waals surface area contributed by atoms with Crippen molar-refractivity contribution in [1.82, 2.24) is 9.97 Å². The minimum Gasteiger partial charge on any atom is -0.465 e. The number of halogens is 3. The number of aromatic amines is 1. The fourth-order valence-electron chi connectivity index (χ4n) is 1.39. The van der Waals surface area contributed by atoms with Gasteiger partial charge in [0.2, 0.25) is 5.82 Å². The van der Waals surface area contributed by atoms with Crippen LogP contribution < -0.4 is 0 Å². The summed E-state index contributed by atoms with van der Waals surface area (Å²) in [5.41, 5.74) is 0.447. The zero-order valence-electron chi connectivity index (χ0n) is 8.63. The van der Waals surface area contributed by atoms with Crippen LogP contribution >= 0.6 is 0 Å². The molecule has 0 unspecified atom stereocenters. The molecule has 2 aromatic rings. The monoisotopic (exact) mass is 244 g/mol. The van der Waals surface area contributed by atoms with Crippen LogP contribution in [0.3, 0.4) is 0 Å². The van der Waals surface area contributed by atoms with E-state index in [1.54, 1.807) is 0 Å². The molecule has 0 aliphatic rings. The number of hydrogen-bond donors (Lipinski definition) is 1. The van der Waals surface area contributed by atoms with E-state index in [1.807, 2.05) is 0 Å². The summed E-state index contributed by atoms with van der Waals surface area (Å²) < 4.78 is 41.6. The molecule has 17 heavy (non-hydrogen) atoms. The topological polar surface area (TPSA) is 55.0 Å². The Morgan fingerprint density at radius 1 is 1.41 bits per heavy atom. The summed E-state index contributed by atoms with van der Waals surface area (Å²) in [7, 11) is 1.20. The van der Waals surface area contributed by atoms with Crippen LogP contribution in [0.4, 0.5) is 13.2 Å². The van der Waals surface area contributed by atoms with Crippen molar-refractivity contribution in [1.29, 1.82) is 0 Å². The number of alkyl halides is 3. The highest BCUT2D eigenvalue weighted by Crippen LogP contribution is 2.28. The molecule has 0 atom stereocenters. The van der Waals surface area contributed by atoms with Gasteiger partial charge in [0.25, 0.3) is 0 Å². The average Bonchev–Trinajstić information content (AvgIpc) is 2.70. The number of imidazole rings is 1. The molecule has 0 saturated carbocycles. The first-order chi connectivity index (χ1) is 7.91. The molecule has 4 nitrogen and oxygen atoms in total. The second-order valence-electron chi connectivity index (χ2n) is 3.31. The highest BCUT2D eigenvalue weighted by Gasteiger charge is 2.34. The standard InChI is InChI=1S/C10H7F3N2O2/c1-17-8(16)5-2-3-6-7(4-5)15-9(14-6)10(11,12)13/h2-4H,1H3,(H,14,15). The summed E-state index contributed by atoms with van der Waals surface area (Å²) in [5, 5.41) is 0. The van der Waals surface area contributed by atoms with Crippen LogP contribution in [0.15, 0.2) is 18.2 Å². The first-order valence-corrected chi connectivity index (χ1v) is 4.57. The number of hydrogen-bond acceptors (Lipinski definition) is 3. The molecule has 0 spiro atoms. The summed E-state index contributed by atoms with van der Waals surface area (Å²) in [6, 6.07) is 3.95. The van der Waals surface area contributed by atoms with Gasteiger partial charge in [0.05, 0.1) is 23.7 Å². The number of carbonyl (C=O) groups is 1. The lowest BCUT2D eigenvalue weighted by molar-refractivity contribution is -0.144. The van der Waals surface area contributed by atoms with Crippen molar-refractivity contribution < 1.29 is 22.7 Å². The van der Waals surface area contributed by atoms with Gasteiger partial charge in [-0.3, -0.25) is 0 Å². The van der Waals surface area contributed by atoms with Crippen molar-refractivity contribution in [2.24, 2.45) is 0 Å². The second-order valence-corrected chi connectivity index (χ2v) is 3.31. The van der Waals surface area contributed by atoms with Gasteiger partial charge in [-0.25, -0.2) is 9.78 Å². The molecule has 0 aliphatic carbocycles. The molecule has 1 aromatic carbocycles. The summed E-state index contributed by atoms with van der Waals surface area (Å²) in [4.78, 5) is 16.7. The molecule has 2 rings (SSSR count). The van der Waals surface area contributed by atoms with Gasteiger partial charge in [-0.15, -0.1) is 0 Å². The van der Waals surface area contributed by atoms with Crippen molar-refractivity contribution in [2.45, 2.75) is 6.18 Å². The average molecular weight is 244 g/mol. The van der Waals surface area contributed by atoms with Crippen molar-refractivity contribution >= 4 is 17.0 Å². The van der Waals surface area contributed by atoms with Gasteiger partial charge < -0.3 is 9.72 Å². The number of methoxy groups -OCH3 is 1. The van der Waals surface area contributed by atoms with Crippen LogP contribution in [-0.2, 0) is 10.9 Å². The Labute approximate surface area is 93.4 Å². The fourth-order valence-corrected chi connectivity index (χ4v) is 1.39. The maximum absolute atomic E-state index is 12.4. The quantitative estimate of drug-likeness (QED) is 0.783. The Balaban J connectivity index is 2.52. The van der Waals surface area contributed by atoms with Crippen molar-refractivity contribution in [3.05, 3.63) is 29.6 Å². The molecule has 0 amide bonds. The van der Waals surface area contributed by atoms with Crippen LogP contribution in [0.2, 0.25) is 0 Å². The van der Waals surface area contributed by atoms with Crippen LogP contribution in [0.5, 0.6) is 0 Å². The highest BCUT2D eigenvalue weighted by molar-refractivity contribution is 5.93. The first kappa shape index (κ1) is 11.4. The number of H-pyrrole nitrogens is 1. The number of aromatic nitrogens is 2. The number of benzene rings is 1. The third kappa shape index (κ3) is 2.08. The van der Waals surface area contributed by atoms with Gasteiger partial charge in [-0.05, 0) is 18.2 Å². The van der Waals surface area contributed by atoms with E-state index >= 15 is 0 Å². The highest BCUT2D eigenvalue weighted by atomic mass is 19.4. The SMILES string of the molecule is COC(=O)c1ccc2nc(C(F)(F)F)[nH]c2c1. The lowest BCUT2D eigenvalue weighted by Crippen LogP contribution is -2.06. The van der Waals surface area contributed by atoms with Gasteiger partial charge in [-0.2, -0.15) is 13.2 Å². The van der Waals surface area contributed by atoms with E-state index in [1.165, 1.54) is 25.3 Å². The third-order valence-electron chi connectivity index (χ3n) is 2.17. The Bertz CT molecular complexity index is 574. The molecule has 1 aromatic heterocycles. The largest absolute Gasteiger partial charge is 0.465 e. The first-order valence-electron chi connectivity index (χ1n) is 4.57. The van der Waals surface area contributed by atoms with E-state index < -0.39 is 18.0 Å². The Kier molecular flexibility index (Phi) is 2.53. The zero-order chi connectivity index (χ0) is 12.6. The lowest BCUT2D eigenvalue weighted by Gasteiger charge is -1.99. The molecular formula is C10H7F3N2O2. The Morgan fingerprint density at radius 3 is 2.71 bits per heavy atom. The Hall–Kier alpha value is -2.05. The smallest absolute Gasteiger partial charge is 0.449 e. The maximum atomic E-state index is 12.4. The molecule has 0 radical (unpaired) electrons. The number of rotatable bonds is 1. The van der Waals surface area contributed by atoms with E-state index in [9.17, 15) is 18.0 Å². The number of fused-ring (bicyclic) bond motifs is 1. The van der Waals surface area contributed by atoms with Crippen molar-refractivity contribution in [3.63, 3.8) is 0 Å². The van der Waals surface area contributed by atoms with Gasteiger partial charge >= 0.3 is 12.1 Å². The van der Waals surface area contributed by atoms with Crippen molar-refractivity contribution in [3.8, 4) is 0 Å². The molecule has 1 N–H and O–H groups in total. The summed E-state index contributed by atoms with van der Waals surface area (Å²) >= 11 is 0. The minimum atomic E-state index is -4.54. The van der Waals surface area contributed by atoms with E-state index in [0.717, 1.165) is 0 Å². The van der Waals surface area contributed by atoms with Gasteiger partial charge in [-0.1, -0.05) is 0 Å². The van der Waals surface area contributed by atoms with Gasteiger partial charge in [0, 0.05) is 0 Å². The lowest BCUT2D eigenvalue weighted by atomic mass is 10.2. The molecule has 7 heteroatoms. The third-order valence-corrected chi connectivity index (χ3v) is 2.17. The number of nitrogens with one attached hydrogen (secondary N) is 1. The summed E-state index contributed by atoms with van der Waals surface area (Å²) in [6.45, 7) is 0. The fraction of sp³-hybridized carbons (Fsp3) is 0.200. The molecule has 0 fully saturated rings. The van der Waals surface area contributed by atoms with Gasteiger partial charge in [0.15, 0.2) is 0 Å². The van der Waals surface area contributed by atoms with Gasteiger partial charge in [0.1, 0.15) is 0 Å². The molecule has 0 aliphatic heterocycles. The molecule has 90 valence electrons. The number of ether oxygens (including phenoxy) is 1. The van der Waals surface area contributed by atoms with Crippen LogP contribution in [0.25, 0.3) is 11.0 Å². The molecule has 0 bridgehead atoms. The van der Waals surface area contributed by atoms with Crippen LogP contribution in [0.1, 0.15) is 16.2 Å². The van der Waals surface area contributed by atoms with Crippen LogP contribution in [-0.4, -0.2) is 23.0 Å². The Morgan fingerprint density at radius 2 is 2.12 bits per heavy atom. The number of carbonyl (C=O) groups excluding carboxylic acids is 1. The molecule has 0 saturated heterocycles. The molecule has 1 heterocycles. The second kappa shape index (κ2) is 3.76. The number of nitrogens with zero attached hydrogens (tertiary/aromatic N) is 1. The minimum absolute atomic E-state index is 0.139. The predicted octanol–water partition coefficient (Wildman–Crippen LogP) is 2.37. The molecular weight excluding hydrogens is 237 g/mol. The van der Waals surface area contributed by atoms with Crippen LogP contribution in [0, 0.1) is 0 Å². The van der Waals surface area contributed by atoms with E-state index in [-0.39, 0.29) is 16.6 Å². The number of esters is 1. The van der Waals surface area contributed by atoms with E-state index in [0.29, 0.717) is 0 Å². The maximum Gasteiger partial charge on any atom is 0.449 e. The van der Waals surface area contributed by atoms with E-state index in [2.05, 4.69) is 14.7 Å².